The van der Waals surface area contributed by atoms with Crippen LogP contribution in [0.25, 0.3) is 0 Å². The molecule has 1 heterocycles. The van der Waals surface area contributed by atoms with Crippen molar-refractivity contribution in [3.05, 3.63) is 23.8 Å². The van der Waals surface area contributed by atoms with E-state index in [-0.39, 0.29) is 17.9 Å². The number of fused-ring (bicyclic) bond motifs is 1. The maximum absolute atomic E-state index is 14.0. The van der Waals surface area contributed by atoms with Crippen LogP contribution in [0.5, 0.6) is 5.75 Å². The number of hydrogen-bond acceptors (Lipinski definition) is 5. The molecular formula is C13H12FNO5. The number of anilines is 1. The van der Waals surface area contributed by atoms with E-state index >= 15 is 0 Å². The molecule has 106 valence electrons. The highest BCUT2D eigenvalue weighted by Gasteiger charge is 2.43. The van der Waals surface area contributed by atoms with E-state index in [2.05, 4.69) is 4.74 Å². The van der Waals surface area contributed by atoms with Crippen molar-refractivity contribution in [3.8, 4) is 5.75 Å². The molecule has 2 rings (SSSR count). The highest BCUT2D eigenvalue weighted by atomic mass is 19.1. The summed E-state index contributed by atoms with van der Waals surface area (Å²) in [5, 5.41) is 0. The van der Waals surface area contributed by atoms with E-state index in [0.29, 0.717) is 10.6 Å². The molecule has 1 unspecified atom stereocenters. The molecule has 0 fully saturated rings. The molecule has 0 aromatic heterocycles. The monoisotopic (exact) mass is 281 g/mol. The molecule has 1 aromatic rings. The first kappa shape index (κ1) is 14.0. The van der Waals surface area contributed by atoms with Gasteiger partial charge in [-0.2, -0.15) is 0 Å². The Morgan fingerprint density at radius 2 is 2.10 bits per heavy atom. The molecule has 1 aromatic carbocycles. The number of ether oxygens (including phenoxy) is 2. The number of ketones is 1. The van der Waals surface area contributed by atoms with Gasteiger partial charge in [0.2, 0.25) is 0 Å². The summed E-state index contributed by atoms with van der Waals surface area (Å²) in [5.41, 5.74) is 0.0302. The van der Waals surface area contributed by atoms with Crippen molar-refractivity contribution in [2.75, 3.05) is 18.6 Å². The van der Waals surface area contributed by atoms with Crippen LogP contribution in [-0.4, -0.2) is 37.7 Å². The minimum Gasteiger partial charge on any atom is -0.497 e. The van der Waals surface area contributed by atoms with Crippen LogP contribution in [-0.2, 0) is 14.3 Å². The molecule has 0 saturated heterocycles. The lowest BCUT2D eigenvalue weighted by Gasteiger charge is -2.19. The number of benzene rings is 1. The van der Waals surface area contributed by atoms with Crippen LogP contribution in [0.4, 0.5) is 10.1 Å². The Morgan fingerprint density at radius 1 is 1.40 bits per heavy atom. The number of carbonyl (C=O) groups excluding carboxylic acids is 3. The highest BCUT2D eigenvalue weighted by Crippen LogP contribution is 2.33. The number of alkyl halides is 1. The minimum atomic E-state index is -2.35. The molecule has 1 aliphatic rings. The molecule has 1 atom stereocenters. The lowest BCUT2D eigenvalue weighted by Crippen LogP contribution is -2.42. The average Bonchev–Trinajstić information content (AvgIpc) is 2.70. The fourth-order valence-corrected chi connectivity index (χ4v) is 1.91. The third-order valence-corrected chi connectivity index (χ3v) is 2.83. The summed E-state index contributed by atoms with van der Waals surface area (Å²) in [6.45, 7) is 1.49. The fourth-order valence-electron chi connectivity index (χ4n) is 1.91. The number of halogens is 1. The van der Waals surface area contributed by atoms with Gasteiger partial charge in [-0.05, 0) is 25.1 Å². The molecule has 0 saturated carbocycles. The van der Waals surface area contributed by atoms with E-state index in [0.717, 1.165) is 0 Å². The Labute approximate surface area is 114 Å². The molecule has 7 heteroatoms. The first-order valence-electron chi connectivity index (χ1n) is 5.87. The van der Waals surface area contributed by atoms with Crippen molar-refractivity contribution < 1.29 is 28.2 Å². The zero-order valence-corrected chi connectivity index (χ0v) is 10.9. The molecular weight excluding hydrogens is 269 g/mol. The number of esters is 1. The van der Waals surface area contributed by atoms with Gasteiger partial charge >= 0.3 is 11.9 Å². The van der Waals surface area contributed by atoms with Crippen LogP contribution in [0.15, 0.2) is 18.2 Å². The van der Waals surface area contributed by atoms with Gasteiger partial charge in [-0.15, -0.1) is 0 Å². The van der Waals surface area contributed by atoms with Gasteiger partial charge in [-0.25, -0.2) is 9.18 Å². The van der Waals surface area contributed by atoms with Gasteiger partial charge in [0.05, 0.1) is 25.0 Å². The van der Waals surface area contributed by atoms with Crippen molar-refractivity contribution in [2.24, 2.45) is 0 Å². The first-order chi connectivity index (χ1) is 9.51. The third kappa shape index (κ3) is 2.11. The molecule has 20 heavy (non-hydrogen) atoms. The van der Waals surface area contributed by atoms with E-state index in [1.165, 1.54) is 32.2 Å². The number of methoxy groups -OCH3 is 1. The standard InChI is InChI=1S/C13H12FNO5/c1-3-20-13(18)11(14)15-9-5-4-7(19-2)6-8(9)10(16)12(15)17/h4-6,11H,3H2,1-2H3. The summed E-state index contributed by atoms with van der Waals surface area (Å²) in [5.74, 6) is -2.84. The number of rotatable bonds is 4. The van der Waals surface area contributed by atoms with E-state index in [1.54, 1.807) is 0 Å². The topological polar surface area (TPSA) is 72.9 Å². The normalized spacial score (nSPS) is 15.1. The Hall–Kier alpha value is -2.44. The second kappa shape index (κ2) is 5.28. The second-order valence-electron chi connectivity index (χ2n) is 3.98. The van der Waals surface area contributed by atoms with E-state index < -0.39 is 24.0 Å². The van der Waals surface area contributed by atoms with Gasteiger partial charge in [0.15, 0.2) is 0 Å². The number of carbonyl (C=O) groups is 3. The molecule has 0 bridgehead atoms. The van der Waals surface area contributed by atoms with E-state index in [4.69, 9.17) is 4.74 Å². The maximum atomic E-state index is 14.0. The third-order valence-electron chi connectivity index (χ3n) is 2.83. The SMILES string of the molecule is CCOC(=O)C(F)N1C(=O)C(=O)c2cc(OC)ccc21. The van der Waals surface area contributed by atoms with Crippen molar-refractivity contribution in [3.63, 3.8) is 0 Å². The summed E-state index contributed by atoms with van der Waals surface area (Å²) in [6.07, 6.45) is -2.35. The Kier molecular flexibility index (Phi) is 3.69. The zero-order valence-electron chi connectivity index (χ0n) is 10.9. The summed E-state index contributed by atoms with van der Waals surface area (Å²) < 4.78 is 23.5. The van der Waals surface area contributed by atoms with Gasteiger partial charge in [-0.1, -0.05) is 0 Å². The van der Waals surface area contributed by atoms with Crippen LogP contribution in [0.2, 0.25) is 0 Å². The van der Waals surface area contributed by atoms with Crippen LogP contribution in [0.1, 0.15) is 17.3 Å². The lowest BCUT2D eigenvalue weighted by molar-refractivity contribution is -0.150. The van der Waals surface area contributed by atoms with Crippen molar-refractivity contribution in [1.82, 2.24) is 0 Å². The quantitative estimate of drug-likeness (QED) is 0.469. The molecule has 1 aliphatic heterocycles. The second-order valence-corrected chi connectivity index (χ2v) is 3.98. The molecule has 0 spiro atoms. The molecule has 1 amide bonds. The summed E-state index contributed by atoms with van der Waals surface area (Å²) in [6, 6.07) is 4.14. The Bertz CT molecular complexity index is 586. The molecule has 0 radical (unpaired) electrons. The van der Waals surface area contributed by atoms with E-state index in [1.807, 2.05) is 0 Å². The minimum absolute atomic E-state index is 0.00120. The molecule has 0 N–H and O–H groups in total. The average molecular weight is 281 g/mol. The Morgan fingerprint density at radius 3 is 2.70 bits per heavy atom. The predicted molar refractivity (Wildman–Crippen MR) is 66.3 cm³/mol. The Balaban J connectivity index is 2.41. The zero-order chi connectivity index (χ0) is 14.9. The van der Waals surface area contributed by atoms with Crippen LogP contribution in [0, 0.1) is 0 Å². The molecule has 0 aliphatic carbocycles. The van der Waals surface area contributed by atoms with Crippen LogP contribution < -0.4 is 9.64 Å². The van der Waals surface area contributed by atoms with Crippen molar-refractivity contribution in [2.45, 2.75) is 13.2 Å². The van der Waals surface area contributed by atoms with Crippen molar-refractivity contribution >= 4 is 23.3 Å². The van der Waals surface area contributed by atoms with Crippen LogP contribution >= 0.6 is 0 Å². The fraction of sp³-hybridized carbons (Fsp3) is 0.308. The van der Waals surface area contributed by atoms with Gasteiger partial charge in [0.25, 0.3) is 12.1 Å². The first-order valence-corrected chi connectivity index (χ1v) is 5.87. The summed E-state index contributed by atoms with van der Waals surface area (Å²) >= 11 is 0. The summed E-state index contributed by atoms with van der Waals surface area (Å²) in [4.78, 5) is 35.5. The molecule has 6 nitrogen and oxygen atoms in total. The van der Waals surface area contributed by atoms with E-state index in [9.17, 15) is 18.8 Å². The lowest BCUT2D eigenvalue weighted by atomic mass is 10.1. The van der Waals surface area contributed by atoms with Gasteiger partial charge in [0.1, 0.15) is 5.75 Å². The summed E-state index contributed by atoms with van der Waals surface area (Å²) in [7, 11) is 1.40. The van der Waals surface area contributed by atoms with Gasteiger partial charge in [0, 0.05) is 0 Å². The number of nitrogens with zero attached hydrogens (tertiary/aromatic N) is 1. The maximum Gasteiger partial charge on any atom is 0.362 e. The predicted octanol–water partition coefficient (Wildman–Crippen LogP) is 1.08. The van der Waals surface area contributed by atoms with Crippen LogP contribution in [0.3, 0.4) is 0 Å². The van der Waals surface area contributed by atoms with Gasteiger partial charge < -0.3 is 9.47 Å². The van der Waals surface area contributed by atoms with Crippen molar-refractivity contribution in [1.29, 1.82) is 0 Å². The number of hydrogen-bond donors (Lipinski definition) is 0. The number of Topliss-reactive ketones (excluding diaryl/α,β-unsaturated/α-hetero) is 1. The smallest absolute Gasteiger partial charge is 0.362 e. The van der Waals surface area contributed by atoms with Gasteiger partial charge in [-0.3, -0.25) is 14.5 Å². The largest absolute Gasteiger partial charge is 0.497 e. The number of amides is 1. The highest BCUT2D eigenvalue weighted by molar-refractivity contribution is 6.52.